The molecule has 1 aliphatic carbocycles. The third-order valence-electron chi connectivity index (χ3n) is 3.73. The summed E-state index contributed by atoms with van der Waals surface area (Å²) < 4.78 is 5.67. The van der Waals surface area contributed by atoms with Crippen molar-refractivity contribution in [1.29, 1.82) is 0 Å². The average molecular weight is 296 g/mol. The quantitative estimate of drug-likeness (QED) is 0.895. The molecule has 0 radical (unpaired) electrons. The van der Waals surface area contributed by atoms with Gasteiger partial charge in [-0.2, -0.15) is 0 Å². The number of benzene rings is 1. The maximum Gasteiger partial charge on any atom is 0.246 e. The lowest BCUT2D eigenvalue weighted by atomic mass is 9.98. The highest BCUT2D eigenvalue weighted by Crippen LogP contribution is 2.20. The van der Waals surface area contributed by atoms with Crippen LogP contribution >= 0.6 is 11.6 Å². The van der Waals surface area contributed by atoms with Crippen LogP contribution in [0.5, 0.6) is 0 Å². The molecular weight excluding hydrogens is 274 g/mol. The molecule has 1 N–H and O–H groups in total. The molecule has 0 heterocycles. The summed E-state index contributed by atoms with van der Waals surface area (Å²) >= 11 is 5.95. The minimum Gasteiger partial charge on any atom is -0.368 e. The number of rotatable bonds is 5. The maximum absolute atomic E-state index is 11.9. The highest BCUT2D eigenvalue weighted by atomic mass is 35.5. The van der Waals surface area contributed by atoms with Crippen LogP contribution in [-0.4, -0.2) is 18.6 Å². The monoisotopic (exact) mass is 295 g/mol. The number of hydrogen-bond donors (Lipinski definition) is 1. The Labute approximate surface area is 125 Å². The molecule has 110 valence electrons. The van der Waals surface area contributed by atoms with Gasteiger partial charge in [0.25, 0.3) is 0 Å². The summed E-state index contributed by atoms with van der Waals surface area (Å²) in [6.45, 7) is 2.10. The van der Waals surface area contributed by atoms with Crippen LogP contribution in [0.15, 0.2) is 24.3 Å². The van der Waals surface area contributed by atoms with E-state index in [0.29, 0.717) is 5.02 Å². The van der Waals surface area contributed by atoms with Crippen molar-refractivity contribution >= 4 is 17.5 Å². The van der Waals surface area contributed by atoms with E-state index in [1.165, 1.54) is 19.3 Å². The molecule has 1 atom stereocenters. The first-order chi connectivity index (χ1) is 9.65. The Morgan fingerprint density at radius 3 is 2.85 bits per heavy atom. The molecule has 1 aromatic rings. The predicted molar refractivity (Wildman–Crippen MR) is 80.8 cm³/mol. The molecule has 0 spiro atoms. The van der Waals surface area contributed by atoms with Crippen molar-refractivity contribution in [3.8, 4) is 0 Å². The van der Waals surface area contributed by atoms with Crippen LogP contribution in [0.25, 0.3) is 0 Å². The highest BCUT2D eigenvalue weighted by molar-refractivity contribution is 6.30. The molecule has 1 aliphatic rings. The van der Waals surface area contributed by atoms with E-state index in [-0.39, 0.29) is 24.7 Å². The summed E-state index contributed by atoms with van der Waals surface area (Å²) in [6.07, 6.45) is 6.14. The average Bonchev–Trinajstić information content (AvgIpc) is 2.46. The van der Waals surface area contributed by atoms with Crippen molar-refractivity contribution in [2.45, 2.75) is 51.2 Å². The summed E-state index contributed by atoms with van der Waals surface area (Å²) in [6, 6.07) is 7.48. The van der Waals surface area contributed by atoms with Crippen LogP contribution in [0.3, 0.4) is 0 Å². The molecule has 0 bridgehead atoms. The van der Waals surface area contributed by atoms with Gasteiger partial charge in [-0.3, -0.25) is 4.79 Å². The van der Waals surface area contributed by atoms with Crippen molar-refractivity contribution in [2.24, 2.45) is 0 Å². The number of nitrogens with one attached hydrogen (secondary N) is 1. The van der Waals surface area contributed by atoms with Crippen LogP contribution < -0.4 is 5.32 Å². The molecule has 1 fully saturated rings. The van der Waals surface area contributed by atoms with Gasteiger partial charge in [0.15, 0.2) is 0 Å². The van der Waals surface area contributed by atoms with E-state index in [1.54, 1.807) is 0 Å². The lowest BCUT2D eigenvalue weighted by molar-refractivity contribution is -0.129. The van der Waals surface area contributed by atoms with Crippen LogP contribution in [0.2, 0.25) is 5.02 Å². The van der Waals surface area contributed by atoms with Gasteiger partial charge in [0.2, 0.25) is 5.91 Å². The second kappa shape index (κ2) is 7.65. The molecule has 0 saturated heterocycles. The van der Waals surface area contributed by atoms with Gasteiger partial charge < -0.3 is 10.1 Å². The molecule has 1 saturated carbocycles. The van der Waals surface area contributed by atoms with E-state index in [1.807, 2.05) is 31.2 Å². The molecule has 3 nitrogen and oxygen atoms in total. The van der Waals surface area contributed by atoms with Gasteiger partial charge in [0.1, 0.15) is 6.61 Å². The Morgan fingerprint density at radius 1 is 1.40 bits per heavy atom. The Morgan fingerprint density at radius 2 is 2.15 bits per heavy atom. The Kier molecular flexibility index (Phi) is 5.86. The molecular formula is C16H22ClNO2. The first-order valence-electron chi connectivity index (χ1n) is 7.31. The van der Waals surface area contributed by atoms with E-state index in [2.05, 4.69) is 5.32 Å². The molecule has 20 heavy (non-hydrogen) atoms. The van der Waals surface area contributed by atoms with Gasteiger partial charge >= 0.3 is 0 Å². The molecule has 1 aromatic carbocycles. The number of ether oxygens (including phenoxy) is 1. The molecule has 1 amide bonds. The van der Waals surface area contributed by atoms with Gasteiger partial charge in [-0.25, -0.2) is 0 Å². The number of carbonyl (C=O) groups is 1. The molecule has 4 heteroatoms. The van der Waals surface area contributed by atoms with Crippen molar-refractivity contribution in [3.05, 3.63) is 34.9 Å². The molecule has 1 unspecified atom stereocenters. The Balaban J connectivity index is 1.76. The lowest BCUT2D eigenvalue weighted by Gasteiger charge is -2.22. The van der Waals surface area contributed by atoms with E-state index in [0.717, 1.165) is 18.4 Å². The summed E-state index contributed by atoms with van der Waals surface area (Å²) in [5.74, 6) is -0.0666. The van der Waals surface area contributed by atoms with E-state index >= 15 is 0 Å². The van der Waals surface area contributed by atoms with Crippen molar-refractivity contribution in [3.63, 3.8) is 0 Å². The fourth-order valence-electron chi connectivity index (χ4n) is 2.57. The van der Waals surface area contributed by atoms with E-state index < -0.39 is 0 Å². The number of amides is 1. The topological polar surface area (TPSA) is 38.3 Å². The van der Waals surface area contributed by atoms with Gasteiger partial charge in [0, 0.05) is 5.02 Å². The summed E-state index contributed by atoms with van der Waals surface area (Å²) in [7, 11) is 0. The van der Waals surface area contributed by atoms with Crippen molar-refractivity contribution < 1.29 is 9.53 Å². The number of hydrogen-bond acceptors (Lipinski definition) is 2. The van der Waals surface area contributed by atoms with Crippen LogP contribution in [-0.2, 0) is 9.53 Å². The van der Waals surface area contributed by atoms with Crippen LogP contribution in [0.4, 0.5) is 0 Å². The summed E-state index contributed by atoms with van der Waals surface area (Å²) in [5.41, 5.74) is 1.00. The van der Waals surface area contributed by atoms with E-state index in [9.17, 15) is 4.79 Å². The predicted octanol–water partition coefficient (Wildman–Crippen LogP) is 3.87. The third-order valence-corrected chi connectivity index (χ3v) is 3.96. The molecule has 0 aliphatic heterocycles. The second-order valence-electron chi connectivity index (χ2n) is 5.42. The summed E-state index contributed by atoms with van der Waals surface area (Å²) in [5, 5.41) is 3.62. The van der Waals surface area contributed by atoms with E-state index in [4.69, 9.17) is 16.3 Å². The highest BCUT2D eigenvalue weighted by Gasteiger charge is 2.16. The minimum atomic E-state index is -0.0666. The SMILES string of the molecule is CC(NC(=O)COC1CCCCC1)c1cccc(Cl)c1. The zero-order chi connectivity index (χ0) is 14.4. The first kappa shape index (κ1) is 15.3. The fraction of sp³-hybridized carbons (Fsp3) is 0.562. The number of halogens is 1. The molecule has 0 aromatic heterocycles. The van der Waals surface area contributed by atoms with Gasteiger partial charge in [-0.05, 0) is 37.5 Å². The zero-order valence-electron chi connectivity index (χ0n) is 11.9. The van der Waals surface area contributed by atoms with Crippen LogP contribution in [0.1, 0.15) is 50.6 Å². The number of carbonyl (C=O) groups excluding carboxylic acids is 1. The second-order valence-corrected chi connectivity index (χ2v) is 5.85. The van der Waals surface area contributed by atoms with Crippen molar-refractivity contribution in [2.75, 3.05) is 6.61 Å². The largest absolute Gasteiger partial charge is 0.368 e. The molecule has 2 rings (SSSR count). The van der Waals surface area contributed by atoms with Crippen LogP contribution in [0, 0.1) is 0 Å². The first-order valence-corrected chi connectivity index (χ1v) is 7.69. The van der Waals surface area contributed by atoms with Gasteiger partial charge in [-0.15, -0.1) is 0 Å². The van der Waals surface area contributed by atoms with Gasteiger partial charge in [-0.1, -0.05) is 43.0 Å². The standard InChI is InChI=1S/C16H22ClNO2/c1-12(13-6-5-7-14(17)10-13)18-16(19)11-20-15-8-3-2-4-9-15/h5-7,10,12,15H,2-4,8-9,11H2,1H3,(H,18,19). The normalized spacial score (nSPS) is 17.7. The fourth-order valence-corrected chi connectivity index (χ4v) is 2.77. The zero-order valence-corrected chi connectivity index (χ0v) is 12.7. The smallest absolute Gasteiger partial charge is 0.246 e. The Bertz CT molecular complexity index is 444. The third kappa shape index (κ3) is 4.80. The van der Waals surface area contributed by atoms with Gasteiger partial charge in [0.05, 0.1) is 12.1 Å². The summed E-state index contributed by atoms with van der Waals surface area (Å²) in [4.78, 5) is 11.9. The van der Waals surface area contributed by atoms with Crippen molar-refractivity contribution in [1.82, 2.24) is 5.32 Å². The Hall–Kier alpha value is -1.06. The minimum absolute atomic E-state index is 0.0591. The lowest BCUT2D eigenvalue weighted by Crippen LogP contribution is -2.32. The maximum atomic E-state index is 11.9.